The van der Waals surface area contributed by atoms with Crippen LogP contribution in [0, 0.1) is 0 Å². The predicted molar refractivity (Wildman–Crippen MR) is 107 cm³/mol. The van der Waals surface area contributed by atoms with Gasteiger partial charge in [-0.1, -0.05) is 30.3 Å². The summed E-state index contributed by atoms with van der Waals surface area (Å²) in [6, 6.07) is 15.7. The number of carbonyl (C=O) groups is 2. The zero-order valence-corrected chi connectivity index (χ0v) is 15.7. The van der Waals surface area contributed by atoms with Gasteiger partial charge in [0.2, 0.25) is 0 Å². The van der Waals surface area contributed by atoms with Crippen LogP contribution in [0.1, 0.15) is 15.9 Å². The molecule has 0 radical (unpaired) electrons. The summed E-state index contributed by atoms with van der Waals surface area (Å²) in [6.07, 6.45) is 1.53. The fourth-order valence-electron chi connectivity index (χ4n) is 2.60. The molecule has 0 aliphatic carbocycles. The number of aliphatic hydroxyl groups is 2. The molecule has 3 N–H and O–H groups in total. The first-order valence-electron chi connectivity index (χ1n) is 8.82. The number of nitrogens with zero attached hydrogens (tertiary/aromatic N) is 1. The van der Waals surface area contributed by atoms with E-state index in [2.05, 4.69) is 5.32 Å². The van der Waals surface area contributed by atoms with E-state index in [0.29, 0.717) is 24.2 Å². The summed E-state index contributed by atoms with van der Waals surface area (Å²) >= 11 is 0. The molecule has 148 valence electrons. The van der Waals surface area contributed by atoms with E-state index in [9.17, 15) is 9.59 Å². The van der Waals surface area contributed by atoms with Crippen LogP contribution in [-0.4, -0.2) is 55.5 Å². The first kappa shape index (κ1) is 21.1. The van der Waals surface area contributed by atoms with Crippen LogP contribution in [0.3, 0.4) is 0 Å². The highest BCUT2D eigenvalue weighted by atomic mass is 16.5. The molecular formula is C21H24N2O5. The lowest BCUT2D eigenvalue weighted by atomic mass is 10.1. The van der Waals surface area contributed by atoms with E-state index in [1.807, 2.05) is 17.0 Å². The molecule has 0 unspecified atom stereocenters. The molecule has 0 saturated heterocycles. The molecule has 0 spiro atoms. The van der Waals surface area contributed by atoms with Crippen LogP contribution in [0.5, 0.6) is 0 Å². The third-order valence-corrected chi connectivity index (χ3v) is 4.00. The number of esters is 1. The highest BCUT2D eigenvalue weighted by molar-refractivity contribution is 6.03. The zero-order chi connectivity index (χ0) is 20.4. The van der Waals surface area contributed by atoms with Crippen LogP contribution < -0.4 is 10.2 Å². The molecule has 7 nitrogen and oxygen atoms in total. The Morgan fingerprint density at radius 1 is 1.00 bits per heavy atom. The number of methoxy groups -OCH3 is 1. The molecule has 2 aromatic carbocycles. The van der Waals surface area contributed by atoms with Crippen molar-refractivity contribution < 1.29 is 24.5 Å². The lowest BCUT2D eigenvalue weighted by Crippen LogP contribution is -2.29. The van der Waals surface area contributed by atoms with Crippen molar-refractivity contribution in [2.45, 2.75) is 0 Å². The molecule has 0 saturated carbocycles. The Labute approximate surface area is 163 Å². The molecule has 0 atom stereocenters. The number of hydrogen-bond acceptors (Lipinski definition) is 6. The molecule has 0 fully saturated rings. The molecule has 0 aliphatic heterocycles. The zero-order valence-electron chi connectivity index (χ0n) is 15.7. The fraction of sp³-hybridized carbons (Fsp3) is 0.238. The third kappa shape index (κ3) is 5.94. The maximum absolute atomic E-state index is 12.3. The van der Waals surface area contributed by atoms with Gasteiger partial charge in [-0.2, -0.15) is 0 Å². The van der Waals surface area contributed by atoms with Crippen molar-refractivity contribution in [3.63, 3.8) is 0 Å². The van der Waals surface area contributed by atoms with Gasteiger partial charge in [0.1, 0.15) is 5.70 Å². The first-order chi connectivity index (χ1) is 13.6. The van der Waals surface area contributed by atoms with Gasteiger partial charge >= 0.3 is 5.97 Å². The Hall–Kier alpha value is -3.16. The van der Waals surface area contributed by atoms with Gasteiger partial charge in [0, 0.05) is 24.3 Å². The maximum atomic E-state index is 12.3. The largest absolute Gasteiger partial charge is 0.464 e. The number of ether oxygens (including phenoxy) is 1. The maximum Gasteiger partial charge on any atom is 0.354 e. The van der Waals surface area contributed by atoms with Crippen molar-refractivity contribution in [1.82, 2.24) is 5.32 Å². The van der Waals surface area contributed by atoms with E-state index in [1.54, 1.807) is 42.5 Å². The highest BCUT2D eigenvalue weighted by Gasteiger charge is 2.15. The third-order valence-electron chi connectivity index (χ3n) is 4.00. The molecule has 0 heterocycles. The minimum atomic E-state index is -0.657. The molecule has 7 heteroatoms. The van der Waals surface area contributed by atoms with Gasteiger partial charge in [0.25, 0.3) is 5.91 Å². The van der Waals surface area contributed by atoms with Crippen molar-refractivity contribution in [3.8, 4) is 0 Å². The van der Waals surface area contributed by atoms with Crippen LogP contribution in [0.4, 0.5) is 5.69 Å². The molecule has 1 amide bonds. The SMILES string of the molecule is COC(=O)/C(=C\c1ccc(N(CCO)CCO)cc1)NC(=O)c1ccccc1. The van der Waals surface area contributed by atoms with Crippen molar-refractivity contribution in [2.75, 3.05) is 38.3 Å². The number of benzene rings is 2. The average Bonchev–Trinajstić information content (AvgIpc) is 2.73. The van der Waals surface area contributed by atoms with E-state index in [0.717, 1.165) is 5.69 Å². The normalized spacial score (nSPS) is 11.0. The van der Waals surface area contributed by atoms with Gasteiger partial charge in [-0.05, 0) is 35.9 Å². The second kappa shape index (κ2) is 10.9. The highest BCUT2D eigenvalue weighted by Crippen LogP contribution is 2.17. The molecule has 0 bridgehead atoms. The Bertz CT molecular complexity index is 797. The van der Waals surface area contributed by atoms with Crippen molar-refractivity contribution in [3.05, 3.63) is 71.4 Å². The quantitative estimate of drug-likeness (QED) is 0.447. The van der Waals surface area contributed by atoms with Crippen molar-refractivity contribution >= 4 is 23.6 Å². The van der Waals surface area contributed by atoms with Crippen LogP contribution in [0.25, 0.3) is 6.08 Å². The molecule has 2 aromatic rings. The molecular weight excluding hydrogens is 360 g/mol. The van der Waals surface area contributed by atoms with E-state index < -0.39 is 11.9 Å². The van der Waals surface area contributed by atoms with Gasteiger partial charge in [0.15, 0.2) is 0 Å². The van der Waals surface area contributed by atoms with Crippen LogP contribution in [0.15, 0.2) is 60.3 Å². The lowest BCUT2D eigenvalue weighted by molar-refractivity contribution is -0.136. The standard InChI is InChI=1S/C21H24N2O5/c1-28-21(27)19(22-20(26)17-5-3-2-4-6-17)15-16-7-9-18(10-8-16)23(11-13-24)12-14-25/h2-10,15,24-25H,11-14H2,1H3,(H,22,26)/b19-15+. The van der Waals surface area contributed by atoms with E-state index in [1.165, 1.54) is 13.2 Å². The van der Waals surface area contributed by atoms with Crippen molar-refractivity contribution in [2.24, 2.45) is 0 Å². The van der Waals surface area contributed by atoms with Crippen LogP contribution in [-0.2, 0) is 9.53 Å². The topological polar surface area (TPSA) is 99.1 Å². The summed E-state index contributed by atoms with van der Waals surface area (Å²) in [4.78, 5) is 26.2. The monoisotopic (exact) mass is 384 g/mol. The minimum Gasteiger partial charge on any atom is -0.464 e. The summed E-state index contributed by atoms with van der Waals surface area (Å²) < 4.78 is 4.76. The lowest BCUT2D eigenvalue weighted by Gasteiger charge is -2.23. The van der Waals surface area contributed by atoms with Gasteiger partial charge < -0.3 is 25.2 Å². The molecule has 0 aliphatic rings. The molecule has 28 heavy (non-hydrogen) atoms. The summed E-state index contributed by atoms with van der Waals surface area (Å²) in [5.41, 5.74) is 1.96. The number of carbonyl (C=O) groups excluding carboxylic acids is 2. The number of aliphatic hydroxyl groups excluding tert-OH is 2. The van der Waals surface area contributed by atoms with Gasteiger partial charge in [-0.15, -0.1) is 0 Å². The minimum absolute atomic E-state index is 0.0201. The second-order valence-electron chi connectivity index (χ2n) is 5.90. The van der Waals surface area contributed by atoms with E-state index in [4.69, 9.17) is 14.9 Å². The predicted octanol–water partition coefficient (Wildman–Crippen LogP) is 1.42. The Morgan fingerprint density at radius 3 is 2.14 bits per heavy atom. The first-order valence-corrected chi connectivity index (χ1v) is 8.82. The number of anilines is 1. The van der Waals surface area contributed by atoms with Gasteiger partial charge in [-0.25, -0.2) is 4.79 Å². The summed E-state index contributed by atoms with van der Waals surface area (Å²) in [5.74, 6) is -1.07. The van der Waals surface area contributed by atoms with Gasteiger partial charge in [0.05, 0.1) is 20.3 Å². The summed E-state index contributed by atoms with van der Waals surface area (Å²) in [5, 5.41) is 20.9. The number of nitrogens with one attached hydrogen (secondary N) is 1. The second-order valence-corrected chi connectivity index (χ2v) is 5.90. The molecule has 0 aromatic heterocycles. The van der Waals surface area contributed by atoms with Gasteiger partial charge in [-0.3, -0.25) is 4.79 Å². The van der Waals surface area contributed by atoms with Crippen LogP contribution in [0.2, 0.25) is 0 Å². The number of hydrogen-bond donors (Lipinski definition) is 3. The fourth-order valence-corrected chi connectivity index (χ4v) is 2.60. The van der Waals surface area contributed by atoms with Crippen molar-refractivity contribution in [1.29, 1.82) is 0 Å². The Kier molecular flexibility index (Phi) is 8.20. The van der Waals surface area contributed by atoms with E-state index in [-0.39, 0.29) is 18.9 Å². The Morgan fingerprint density at radius 2 is 1.61 bits per heavy atom. The van der Waals surface area contributed by atoms with E-state index >= 15 is 0 Å². The molecule has 2 rings (SSSR count). The van der Waals surface area contributed by atoms with Crippen LogP contribution >= 0.6 is 0 Å². The summed E-state index contributed by atoms with van der Waals surface area (Å²) in [6.45, 7) is 0.742. The smallest absolute Gasteiger partial charge is 0.354 e. The average molecular weight is 384 g/mol. The number of rotatable bonds is 9. The Balaban J connectivity index is 2.21. The summed E-state index contributed by atoms with van der Waals surface area (Å²) in [7, 11) is 1.25. The number of amides is 1.